The molecule has 2 unspecified atom stereocenters. The van der Waals surface area contributed by atoms with Crippen LogP contribution in [0.2, 0.25) is 0 Å². The van der Waals surface area contributed by atoms with Crippen LogP contribution in [0.5, 0.6) is 0 Å². The molecule has 0 saturated carbocycles. The molecule has 0 aliphatic carbocycles. The minimum Gasteiger partial charge on any atom is -0.393 e. The molecule has 18 heavy (non-hydrogen) atoms. The molecule has 4 nitrogen and oxygen atoms in total. The van der Waals surface area contributed by atoms with E-state index in [1.54, 1.807) is 0 Å². The first-order chi connectivity index (χ1) is 8.47. The summed E-state index contributed by atoms with van der Waals surface area (Å²) < 4.78 is 5.47. The molecular weight excluding hydrogens is 228 g/mol. The molecule has 2 rings (SSSR count). The van der Waals surface area contributed by atoms with E-state index < -0.39 is 0 Å². The minimum absolute atomic E-state index is 0.167. The van der Waals surface area contributed by atoms with Gasteiger partial charge in [-0.25, -0.2) is 0 Å². The van der Waals surface area contributed by atoms with E-state index >= 15 is 0 Å². The van der Waals surface area contributed by atoms with Crippen LogP contribution in [-0.4, -0.2) is 72.5 Å². The van der Waals surface area contributed by atoms with E-state index in [4.69, 9.17) is 4.74 Å². The average molecular weight is 256 g/mol. The Labute approximate surface area is 111 Å². The number of hydrogen-bond acceptors (Lipinski definition) is 4. The number of piperazine rings is 1. The number of aliphatic hydroxyl groups excluding tert-OH is 1. The van der Waals surface area contributed by atoms with Crippen LogP contribution in [0.25, 0.3) is 0 Å². The predicted molar refractivity (Wildman–Crippen MR) is 72.7 cm³/mol. The number of hydrogen-bond donors (Lipinski definition) is 1. The fourth-order valence-electron chi connectivity index (χ4n) is 2.89. The Kier molecular flexibility index (Phi) is 4.64. The van der Waals surface area contributed by atoms with Gasteiger partial charge in [0.15, 0.2) is 0 Å². The topological polar surface area (TPSA) is 35.9 Å². The lowest BCUT2D eigenvalue weighted by Gasteiger charge is -2.43. The first-order valence-electron chi connectivity index (χ1n) is 7.20. The molecule has 0 aromatic heterocycles. The second-order valence-corrected chi connectivity index (χ2v) is 6.65. The smallest absolute Gasteiger partial charge is 0.0624 e. The van der Waals surface area contributed by atoms with Crippen molar-refractivity contribution in [2.45, 2.75) is 38.8 Å². The van der Waals surface area contributed by atoms with Crippen LogP contribution >= 0.6 is 0 Å². The van der Waals surface area contributed by atoms with E-state index in [2.05, 4.69) is 30.6 Å². The SMILES string of the molecule is CC(C)(C)N1CCN(CC2COCCC2O)CC1. The van der Waals surface area contributed by atoms with E-state index in [0.29, 0.717) is 5.92 Å². The summed E-state index contributed by atoms with van der Waals surface area (Å²) in [5.74, 6) is 0.305. The van der Waals surface area contributed by atoms with E-state index in [-0.39, 0.29) is 11.6 Å². The van der Waals surface area contributed by atoms with Crippen LogP contribution in [0, 0.1) is 5.92 Å². The highest BCUT2D eigenvalue weighted by atomic mass is 16.5. The largest absolute Gasteiger partial charge is 0.393 e. The molecule has 0 amide bonds. The highest BCUT2D eigenvalue weighted by molar-refractivity contribution is 4.84. The van der Waals surface area contributed by atoms with Crippen LogP contribution in [0.1, 0.15) is 27.2 Å². The predicted octanol–water partition coefficient (Wildman–Crippen LogP) is 0.800. The zero-order valence-corrected chi connectivity index (χ0v) is 12.1. The third-order valence-electron chi connectivity index (χ3n) is 4.25. The van der Waals surface area contributed by atoms with Gasteiger partial charge in [0, 0.05) is 50.8 Å². The fourth-order valence-corrected chi connectivity index (χ4v) is 2.89. The van der Waals surface area contributed by atoms with E-state index in [1.165, 1.54) is 0 Å². The van der Waals surface area contributed by atoms with Crippen molar-refractivity contribution in [1.29, 1.82) is 0 Å². The number of rotatable bonds is 2. The molecule has 0 aromatic carbocycles. The van der Waals surface area contributed by atoms with Gasteiger partial charge in [0.1, 0.15) is 0 Å². The summed E-state index contributed by atoms with van der Waals surface area (Å²) >= 11 is 0. The van der Waals surface area contributed by atoms with Crippen LogP contribution in [0.4, 0.5) is 0 Å². The van der Waals surface area contributed by atoms with Crippen molar-refractivity contribution in [1.82, 2.24) is 9.80 Å². The lowest BCUT2D eigenvalue weighted by Crippen LogP contribution is -2.55. The lowest BCUT2D eigenvalue weighted by atomic mass is 9.97. The van der Waals surface area contributed by atoms with Crippen molar-refractivity contribution < 1.29 is 9.84 Å². The van der Waals surface area contributed by atoms with Gasteiger partial charge in [-0.2, -0.15) is 0 Å². The van der Waals surface area contributed by atoms with Crippen molar-refractivity contribution in [3.05, 3.63) is 0 Å². The van der Waals surface area contributed by atoms with Crippen molar-refractivity contribution in [2.24, 2.45) is 5.92 Å². The Bertz CT molecular complexity index is 257. The summed E-state index contributed by atoms with van der Waals surface area (Å²) in [5, 5.41) is 9.96. The van der Waals surface area contributed by atoms with Crippen molar-refractivity contribution in [2.75, 3.05) is 45.9 Å². The monoisotopic (exact) mass is 256 g/mol. The maximum absolute atomic E-state index is 9.96. The van der Waals surface area contributed by atoms with Gasteiger partial charge in [-0.1, -0.05) is 0 Å². The van der Waals surface area contributed by atoms with Gasteiger partial charge in [0.05, 0.1) is 12.7 Å². The number of nitrogens with zero attached hydrogens (tertiary/aromatic N) is 2. The average Bonchev–Trinajstić information content (AvgIpc) is 2.32. The molecule has 2 heterocycles. The maximum atomic E-state index is 9.96. The Hall–Kier alpha value is -0.160. The van der Waals surface area contributed by atoms with E-state index in [0.717, 1.165) is 52.4 Å². The summed E-state index contributed by atoms with van der Waals surface area (Å²) in [4.78, 5) is 5.02. The van der Waals surface area contributed by atoms with Gasteiger partial charge in [-0.3, -0.25) is 4.90 Å². The molecule has 2 atom stereocenters. The van der Waals surface area contributed by atoms with Gasteiger partial charge in [-0.15, -0.1) is 0 Å². The Morgan fingerprint density at radius 3 is 2.39 bits per heavy atom. The maximum Gasteiger partial charge on any atom is 0.0624 e. The third kappa shape index (κ3) is 3.67. The molecule has 2 aliphatic rings. The van der Waals surface area contributed by atoms with Gasteiger partial charge in [0.2, 0.25) is 0 Å². The first kappa shape index (κ1) is 14.3. The molecule has 1 N–H and O–H groups in total. The molecule has 2 fully saturated rings. The number of aliphatic hydroxyl groups is 1. The third-order valence-corrected chi connectivity index (χ3v) is 4.25. The van der Waals surface area contributed by atoms with E-state index in [9.17, 15) is 5.11 Å². The summed E-state index contributed by atoms with van der Waals surface area (Å²) in [6, 6.07) is 0. The molecule has 106 valence electrons. The highest BCUT2D eigenvalue weighted by Crippen LogP contribution is 2.19. The second-order valence-electron chi connectivity index (χ2n) is 6.65. The Balaban J connectivity index is 1.76. The molecular formula is C14H28N2O2. The van der Waals surface area contributed by atoms with Crippen LogP contribution in [0.3, 0.4) is 0 Å². The fraction of sp³-hybridized carbons (Fsp3) is 1.00. The van der Waals surface area contributed by atoms with Gasteiger partial charge in [0.25, 0.3) is 0 Å². The normalized spacial score (nSPS) is 32.7. The molecule has 2 aliphatic heterocycles. The minimum atomic E-state index is -0.167. The summed E-state index contributed by atoms with van der Waals surface area (Å²) in [6.07, 6.45) is 0.631. The Morgan fingerprint density at radius 2 is 1.83 bits per heavy atom. The number of ether oxygens (including phenoxy) is 1. The second kappa shape index (κ2) is 5.87. The van der Waals surface area contributed by atoms with Gasteiger partial charge < -0.3 is 14.7 Å². The molecule has 2 saturated heterocycles. The van der Waals surface area contributed by atoms with Crippen LogP contribution in [-0.2, 0) is 4.74 Å². The molecule has 0 spiro atoms. The van der Waals surface area contributed by atoms with Crippen molar-refractivity contribution in [3.8, 4) is 0 Å². The standard InChI is InChI=1S/C14H28N2O2/c1-14(2,3)16-7-5-15(6-8-16)10-12-11-18-9-4-13(12)17/h12-13,17H,4-11H2,1-3H3. The zero-order chi connectivity index (χ0) is 13.2. The molecule has 4 heteroatoms. The van der Waals surface area contributed by atoms with E-state index in [1.807, 2.05) is 0 Å². The first-order valence-corrected chi connectivity index (χ1v) is 7.20. The lowest BCUT2D eigenvalue weighted by molar-refractivity contribution is -0.0529. The van der Waals surface area contributed by atoms with Gasteiger partial charge >= 0.3 is 0 Å². The summed E-state index contributed by atoms with van der Waals surface area (Å²) in [6.45, 7) is 13.8. The molecule has 0 radical (unpaired) electrons. The quantitative estimate of drug-likeness (QED) is 0.793. The molecule has 0 aromatic rings. The van der Waals surface area contributed by atoms with Crippen LogP contribution < -0.4 is 0 Å². The zero-order valence-electron chi connectivity index (χ0n) is 12.1. The Morgan fingerprint density at radius 1 is 1.17 bits per heavy atom. The summed E-state index contributed by atoms with van der Waals surface area (Å²) in [5.41, 5.74) is 0.277. The van der Waals surface area contributed by atoms with Crippen molar-refractivity contribution in [3.63, 3.8) is 0 Å². The van der Waals surface area contributed by atoms with Crippen molar-refractivity contribution >= 4 is 0 Å². The highest BCUT2D eigenvalue weighted by Gasteiger charge is 2.29. The molecule has 0 bridgehead atoms. The van der Waals surface area contributed by atoms with Gasteiger partial charge in [-0.05, 0) is 27.2 Å². The van der Waals surface area contributed by atoms with Crippen LogP contribution in [0.15, 0.2) is 0 Å². The summed E-state index contributed by atoms with van der Waals surface area (Å²) in [7, 11) is 0.